The first kappa shape index (κ1) is 16.7. The minimum atomic E-state index is -0.894. The van der Waals surface area contributed by atoms with Gasteiger partial charge >= 0.3 is 5.97 Å². The minimum Gasteiger partial charge on any atom is -0.478 e. The molecule has 1 aliphatic heterocycles. The van der Waals surface area contributed by atoms with E-state index in [0.29, 0.717) is 5.57 Å². The van der Waals surface area contributed by atoms with Gasteiger partial charge in [-0.3, -0.25) is 4.98 Å². The van der Waals surface area contributed by atoms with Gasteiger partial charge in [-0.25, -0.2) is 4.79 Å². The maximum Gasteiger partial charge on any atom is 0.334 e. The lowest BCUT2D eigenvalue weighted by Crippen LogP contribution is -2.29. The Kier molecular flexibility index (Phi) is 4.71. The van der Waals surface area contributed by atoms with Gasteiger partial charge in [-0.2, -0.15) is 0 Å². The van der Waals surface area contributed by atoms with Crippen molar-refractivity contribution in [3.05, 3.63) is 81.0 Å². The summed E-state index contributed by atoms with van der Waals surface area (Å²) in [6, 6.07) is 11.7. The smallest absolute Gasteiger partial charge is 0.334 e. The third-order valence-corrected chi connectivity index (χ3v) is 5.15. The second-order valence-corrected chi connectivity index (χ2v) is 6.82. The van der Waals surface area contributed by atoms with Gasteiger partial charge in [0.05, 0.1) is 17.5 Å². The Morgan fingerprint density at radius 1 is 1.21 bits per heavy atom. The van der Waals surface area contributed by atoms with E-state index in [1.807, 2.05) is 61.2 Å². The summed E-state index contributed by atoms with van der Waals surface area (Å²) < 4.78 is 1.06. The topological polar surface area (TPSA) is 53.4 Å². The van der Waals surface area contributed by atoms with Crippen molar-refractivity contribution in [1.29, 1.82) is 0 Å². The first-order valence-electron chi connectivity index (χ1n) is 7.57. The molecule has 1 aliphatic rings. The number of hydrogen-bond donors (Lipinski definition) is 1. The summed E-state index contributed by atoms with van der Waals surface area (Å²) in [7, 11) is 0. The second kappa shape index (κ2) is 6.76. The fourth-order valence-corrected chi connectivity index (χ4v) is 3.88. The van der Waals surface area contributed by atoms with Crippen LogP contribution in [0.2, 0.25) is 0 Å². The van der Waals surface area contributed by atoms with E-state index in [-0.39, 0.29) is 5.92 Å². The van der Waals surface area contributed by atoms with E-state index in [0.717, 1.165) is 26.2 Å². The summed E-state index contributed by atoms with van der Waals surface area (Å²) in [6.07, 6.45) is 5.46. The number of pyridine rings is 1. The zero-order valence-electron chi connectivity index (χ0n) is 13.4. The summed E-state index contributed by atoms with van der Waals surface area (Å²) >= 11 is 2.26. The van der Waals surface area contributed by atoms with E-state index in [1.54, 1.807) is 12.4 Å². The number of aliphatic carboxylic acids is 1. The lowest BCUT2D eigenvalue weighted by molar-refractivity contribution is -0.133. The van der Waals surface area contributed by atoms with E-state index in [9.17, 15) is 9.90 Å². The average molecular weight is 432 g/mol. The zero-order valence-corrected chi connectivity index (χ0v) is 15.6. The number of nitrogens with zero attached hydrogens (tertiary/aromatic N) is 2. The van der Waals surface area contributed by atoms with Gasteiger partial charge in [0.15, 0.2) is 0 Å². The molecule has 0 spiro atoms. The molecule has 1 aromatic heterocycles. The van der Waals surface area contributed by atoms with Gasteiger partial charge in [-0.05, 0) is 60.2 Å². The van der Waals surface area contributed by atoms with Crippen molar-refractivity contribution in [1.82, 2.24) is 4.98 Å². The summed E-state index contributed by atoms with van der Waals surface area (Å²) in [5.41, 5.74) is 3.99. The molecule has 3 rings (SSSR count). The van der Waals surface area contributed by atoms with E-state index < -0.39 is 5.97 Å². The van der Waals surface area contributed by atoms with Crippen LogP contribution in [0.4, 0.5) is 5.69 Å². The van der Waals surface area contributed by atoms with Crippen LogP contribution in [0.15, 0.2) is 71.8 Å². The third kappa shape index (κ3) is 2.96. The molecular weight excluding hydrogens is 415 g/mol. The maximum absolute atomic E-state index is 12.0. The third-order valence-electron chi connectivity index (χ3n) is 4.17. The molecule has 0 radical (unpaired) electrons. The fraction of sp³-hybridized carbons (Fsp3) is 0.158. The molecule has 1 N–H and O–H groups in total. The number of benzene rings is 1. The van der Waals surface area contributed by atoms with Crippen molar-refractivity contribution in [2.24, 2.45) is 0 Å². The number of hydrogen-bond acceptors (Lipinski definition) is 3. The Balaban J connectivity index is 2.16. The van der Waals surface area contributed by atoms with Crippen LogP contribution >= 0.6 is 22.6 Å². The van der Waals surface area contributed by atoms with E-state index >= 15 is 0 Å². The van der Waals surface area contributed by atoms with Gasteiger partial charge in [0.2, 0.25) is 0 Å². The number of halogens is 1. The average Bonchev–Trinajstić information content (AvgIpc) is 2.55. The zero-order chi connectivity index (χ0) is 17.3. The van der Waals surface area contributed by atoms with Crippen molar-refractivity contribution in [3.8, 4) is 0 Å². The van der Waals surface area contributed by atoms with Gasteiger partial charge in [0.25, 0.3) is 0 Å². The minimum absolute atomic E-state index is 0.261. The quantitative estimate of drug-likeness (QED) is 0.724. The first-order chi connectivity index (χ1) is 11.5. The van der Waals surface area contributed by atoms with Crippen molar-refractivity contribution in [2.45, 2.75) is 19.8 Å². The number of carboxylic acids is 1. The van der Waals surface area contributed by atoms with Crippen molar-refractivity contribution in [2.75, 3.05) is 4.90 Å². The molecule has 5 heteroatoms. The predicted molar refractivity (Wildman–Crippen MR) is 103 cm³/mol. The Labute approximate surface area is 154 Å². The molecule has 0 fully saturated rings. The highest BCUT2D eigenvalue weighted by Crippen LogP contribution is 2.39. The summed E-state index contributed by atoms with van der Waals surface area (Å²) in [4.78, 5) is 18.1. The van der Waals surface area contributed by atoms with Crippen LogP contribution in [-0.4, -0.2) is 16.1 Å². The number of allylic oxidation sites excluding steroid dienone is 3. The SMILES string of the molecule is CC1=CC(c2ccccc2I)C(C(=O)O)=C(C)N1c1cccnc1. The largest absolute Gasteiger partial charge is 0.478 e. The summed E-state index contributed by atoms with van der Waals surface area (Å²) in [5, 5.41) is 9.85. The normalized spacial score (nSPS) is 17.7. The summed E-state index contributed by atoms with van der Waals surface area (Å²) in [5.74, 6) is -1.15. The molecular formula is C19H17IN2O2. The van der Waals surface area contributed by atoms with Crippen LogP contribution in [0.3, 0.4) is 0 Å². The van der Waals surface area contributed by atoms with Crippen LogP contribution in [0, 0.1) is 3.57 Å². The monoisotopic (exact) mass is 432 g/mol. The Morgan fingerprint density at radius 3 is 2.58 bits per heavy atom. The molecule has 24 heavy (non-hydrogen) atoms. The van der Waals surface area contributed by atoms with Gasteiger partial charge in [0, 0.05) is 27.1 Å². The summed E-state index contributed by atoms with van der Waals surface area (Å²) in [6.45, 7) is 3.85. The van der Waals surface area contributed by atoms with Crippen LogP contribution in [-0.2, 0) is 4.79 Å². The lowest BCUT2D eigenvalue weighted by Gasteiger charge is -2.34. The van der Waals surface area contributed by atoms with E-state index in [1.165, 1.54) is 0 Å². The van der Waals surface area contributed by atoms with Crippen LogP contribution < -0.4 is 4.90 Å². The molecule has 1 aromatic carbocycles. The molecule has 0 aliphatic carbocycles. The van der Waals surface area contributed by atoms with Gasteiger partial charge < -0.3 is 10.0 Å². The molecule has 0 amide bonds. The van der Waals surface area contributed by atoms with Crippen molar-refractivity contribution >= 4 is 34.2 Å². The Bertz CT molecular complexity index is 843. The molecule has 122 valence electrons. The highest BCUT2D eigenvalue weighted by Gasteiger charge is 2.31. The Morgan fingerprint density at radius 2 is 1.96 bits per heavy atom. The molecule has 1 unspecified atom stereocenters. The van der Waals surface area contributed by atoms with E-state index in [2.05, 4.69) is 27.6 Å². The van der Waals surface area contributed by atoms with Gasteiger partial charge in [0.1, 0.15) is 0 Å². The predicted octanol–water partition coefficient (Wildman–Crippen LogP) is 4.55. The number of carbonyl (C=O) groups is 1. The molecule has 4 nitrogen and oxygen atoms in total. The highest BCUT2D eigenvalue weighted by molar-refractivity contribution is 14.1. The van der Waals surface area contributed by atoms with Crippen LogP contribution in [0.25, 0.3) is 0 Å². The second-order valence-electron chi connectivity index (χ2n) is 5.66. The standard InChI is InChI=1S/C19H17IN2O2/c1-12-10-16(15-7-3-4-8-17(15)20)18(19(23)24)13(2)22(12)14-6-5-9-21-11-14/h3-11,16H,1-2H3,(H,23,24). The van der Waals surface area contributed by atoms with Crippen molar-refractivity contribution < 1.29 is 9.90 Å². The van der Waals surface area contributed by atoms with Crippen LogP contribution in [0.1, 0.15) is 25.3 Å². The van der Waals surface area contributed by atoms with Gasteiger partial charge in [-0.15, -0.1) is 0 Å². The molecule has 0 bridgehead atoms. The number of anilines is 1. The number of carboxylic acid groups (broad SMARTS) is 1. The fourth-order valence-electron chi connectivity index (χ4n) is 3.15. The van der Waals surface area contributed by atoms with Gasteiger partial charge in [-0.1, -0.05) is 24.3 Å². The molecule has 2 heterocycles. The number of rotatable bonds is 3. The lowest BCUT2D eigenvalue weighted by atomic mass is 9.86. The number of aromatic nitrogens is 1. The Hall–Kier alpha value is -2.15. The molecule has 2 aromatic rings. The van der Waals surface area contributed by atoms with Crippen molar-refractivity contribution in [3.63, 3.8) is 0 Å². The van der Waals surface area contributed by atoms with E-state index in [4.69, 9.17) is 0 Å². The molecule has 0 saturated carbocycles. The first-order valence-corrected chi connectivity index (χ1v) is 8.65. The highest BCUT2D eigenvalue weighted by atomic mass is 127. The molecule has 1 atom stereocenters. The maximum atomic E-state index is 12.0. The molecule has 0 saturated heterocycles. The van der Waals surface area contributed by atoms with Crippen LogP contribution in [0.5, 0.6) is 0 Å².